The lowest BCUT2D eigenvalue weighted by Gasteiger charge is -2.45. The fraction of sp³-hybridized carbons (Fsp3) is 0.700. The van der Waals surface area contributed by atoms with E-state index in [1.807, 2.05) is 11.9 Å². The summed E-state index contributed by atoms with van der Waals surface area (Å²) in [6.07, 6.45) is 8.89. The molecule has 1 aliphatic heterocycles. The fourth-order valence-corrected chi connectivity index (χ4v) is 2.27. The van der Waals surface area contributed by atoms with Crippen LogP contribution in [0.2, 0.25) is 0 Å². The second-order valence-corrected chi connectivity index (χ2v) is 3.75. The molecule has 2 heteroatoms. The third-order valence-electron chi connectivity index (χ3n) is 3.07. The molecule has 0 aromatic heterocycles. The van der Waals surface area contributed by atoms with Crippen LogP contribution in [0.4, 0.5) is 0 Å². The van der Waals surface area contributed by atoms with Gasteiger partial charge in [0, 0.05) is 13.1 Å². The number of hydrogen-bond acceptors (Lipinski definition) is 1. The fourth-order valence-electron chi connectivity index (χ4n) is 2.27. The van der Waals surface area contributed by atoms with Gasteiger partial charge in [-0.05, 0) is 25.7 Å². The summed E-state index contributed by atoms with van der Waals surface area (Å²) in [7, 11) is 1.93. The Hall–Kier alpha value is -0.790. The summed E-state index contributed by atoms with van der Waals surface area (Å²) in [5.74, 6) is 0.704. The van der Waals surface area contributed by atoms with Crippen molar-refractivity contribution in [3.05, 3.63) is 12.2 Å². The maximum atomic E-state index is 11.4. The quantitative estimate of drug-likeness (QED) is 0.394. The molecule has 1 heterocycles. The van der Waals surface area contributed by atoms with E-state index in [1.165, 1.54) is 0 Å². The molecule has 1 aliphatic carbocycles. The van der Waals surface area contributed by atoms with Crippen molar-refractivity contribution in [2.24, 2.45) is 5.92 Å². The van der Waals surface area contributed by atoms with E-state index in [4.69, 9.17) is 0 Å². The van der Waals surface area contributed by atoms with Gasteiger partial charge in [0.15, 0.2) is 0 Å². The van der Waals surface area contributed by atoms with Crippen LogP contribution >= 0.6 is 0 Å². The highest BCUT2D eigenvalue weighted by Crippen LogP contribution is 2.33. The average Bonchev–Trinajstić information content (AvgIpc) is 2.04. The monoisotopic (exact) mass is 165 g/mol. The van der Waals surface area contributed by atoms with Crippen molar-refractivity contribution < 1.29 is 4.79 Å². The van der Waals surface area contributed by atoms with Crippen LogP contribution in [0, 0.1) is 5.92 Å². The van der Waals surface area contributed by atoms with Crippen molar-refractivity contribution in [1.29, 1.82) is 0 Å². The van der Waals surface area contributed by atoms with E-state index in [9.17, 15) is 4.79 Å². The second kappa shape index (κ2) is 2.92. The molecule has 12 heavy (non-hydrogen) atoms. The molecule has 0 spiro atoms. The van der Waals surface area contributed by atoms with Crippen molar-refractivity contribution in [3.8, 4) is 0 Å². The van der Waals surface area contributed by atoms with Gasteiger partial charge >= 0.3 is 0 Å². The predicted molar refractivity (Wildman–Crippen MR) is 47.7 cm³/mol. The zero-order chi connectivity index (χ0) is 8.55. The molecule has 0 radical (unpaired) electrons. The Bertz CT molecular complexity index is 222. The Labute approximate surface area is 73.2 Å². The lowest BCUT2D eigenvalue weighted by atomic mass is 9.80. The first kappa shape index (κ1) is 7.84. The van der Waals surface area contributed by atoms with Crippen molar-refractivity contribution in [2.75, 3.05) is 7.05 Å². The number of likely N-dealkylation sites (tertiary alicyclic amines) is 1. The number of rotatable bonds is 0. The molecule has 0 aromatic rings. The number of carbonyl (C=O) groups excluding carboxylic acids is 1. The highest BCUT2D eigenvalue weighted by molar-refractivity contribution is 5.85. The number of nitrogens with zero attached hydrogens (tertiary/aromatic N) is 1. The lowest BCUT2D eigenvalue weighted by molar-refractivity contribution is -0.154. The molecule has 0 aromatic carbocycles. The maximum Gasteiger partial charge on any atom is 0.227 e. The molecule has 66 valence electrons. The normalized spacial score (nSPS) is 35.1. The Morgan fingerprint density at radius 1 is 1.33 bits per heavy atom. The van der Waals surface area contributed by atoms with E-state index in [0.717, 1.165) is 25.7 Å². The van der Waals surface area contributed by atoms with Crippen LogP contribution < -0.4 is 0 Å². The number of β-lactam (4-membered cyclic amide) rings is 1. The summed E-state index contributed by atoms with van der Waals surface area (Å²) in [5.41, 5.74) is 0. The van der Waals surface area contributed by atoms with Gasteiger partial charge in [0.05, 0.1) is 5.92 Å². The summed E-state index contributed by atoms with van der Waals surface area (Å²) in [6, 6.07) is 0.544. The third-order valence-corrected chi connectivity index (χ3v) is 3.07. The van der Waals surface area contributed by atoms with Gasteiger partial charge < -0.3 is 4.90 Å². The minimum absolute atomic E-state index is 0.347. The molecule has 1 amide bonds. The summed E-state index contributed by atoms with van der Waals surface area (Å²) in [6.45, 7) is 0. The van der Waals surface area contributed by atoms with Gasteiger partial charge in [-0.15, -0.1) is 0 Å². The Balaban J connectivity index is 2.05. The first-order valence-corrected chi connectivity index (χ1v) is 4.72. The first-order chi connectivity index (χ1) is 5.80. The van der Waals surface area contributed by atoms with E-state index in [1.54, 1.807) is 0 Å². The lowest BCUT2D eigenvalue weighted by Crippen LogP contribution is -2.58. The minimum Gasteiger partial charge on any atom is -0.342 e. The number of fused-ring (bicyclic) bond motifs is 1. The SMILES string of the molecule is CN1C(=O)[C@@H]2CCC=CCC[C@H]21. The van der Waals surface area contributed by atoms with Crippen LogP contribution in [-0.2, 0) is 4.79 Å². The van der Waals surface area contributed by atoms with E-state index in [2.05, 4.69) is 12.2 Å². The van der Waals surface area contributed by atoms with Crippen LogP contribution in [0.25, 0.3) is 0 Å². The van der Waals surface area contributed by atoms with Crippen LogP contribution in [0.15, 0.2) is 12.2 Å². The molecule has 0 unspecified atom stereocenters. The number of allylic oxidation sites excluding steroid dienone is 2. The topological polar surface area (TPSA) is 20.3 Å². The van der Waals surface area contributed by atoms with E-state index < -0.39 is 0 Å². The third kappa shape index (κ3) is 1.06. The Morgan fingerprint density at radius 2 is 2.00 bits per heavy atom. The Morgan fingerprint density at radius 3 is 2.75 bits per heavy atom. The number of carbonyl (C=O) groups is 1. The highest BCUT2D eigenvalue weighted by atomic mass is 16.2. The second-order valence-electron chi connectivity index (χ2n) is 3.75. The molecule has 0 N–H and O–H groups in total. The van der Waals surface area contributed by atoms with Crippen molar-refractivity contribution in [1.82, 2.24) is 4.90 Å². The van der Waals surface area contributed by atoms with Crippen LogP contribution in [0.3, 0.4) is 0 Å². The molecular formula is C10H15NO. The van der Waals surface area contributed by atoms with Gasteiger partial charge in [-0.3, -0.25) is 4.79 Å². The number of hydrogen-bond donors (Lipinski definition) is 0. The van der Waals surface area contributed by atoms with E-state index >= 15 is 0 Å². The highest BCUT2D eigenvalue weighted by Gasteiger charge is 2.43. The largest absolute Gasteiger partial charge is 0.342 e. The molecular weight excluding hydrogens is 150 g/mol. The van der Waals surface area contributed by atoms with Gasteiger partial charge in [0.2, 0.25) is 5.91 Å². The van der Waals surface area contributed by atoms with Gasteiger partial charge in [0.25, 0.3) is 0 Å². The Kier molecular flexibility index (Phi) is 1.91. The first-order valence-electron chi connectivity index (χ1n) is 4.72. The standard InChI is InChI=1S/C10H15NO/c1-11-9-7-5-3-2-4-6-8(9)10(11)12/h2-3,8-9H,4-7H2,1H3/t8-,9-/m1/s1. The molecule has 0 saturated carbocycles. The summed E-state index contributed by atoms with van der Waals surface area (Å²) in [5, 5.41) is 0. The zero-order valence-corrected chi connectivity index (χ0v) is 7.49. The molecule has 2 atom stereocenters. The van der Waals surface area contributed by atoms with Gasteiger partial charge in [-0.2, -0.15) is 0 Å². The van der Waals surface area contributed by atoms with Crippen molar-refractivity contribution >= 4 is 5.91 Å². The summed E-state index contributed by atoms with van der Waals surface area (Å²) < 4.78 is 0. The van der Waals surface area contributed by atoms with Gasteiger partial charge in [0.1, 0.15) is 0 Å². The summed E-state index contributed by atoms with van der Waals surface area (Å²) in [4.78, 5) is 13.3. The summed E-state index contributed by atoms with van der Waals surface area (Å²) >= 11 is 0. The molecule has 0 bridgehead atoms. The minimum atomic E-state index is 0.347. The smallest absolute Gasteiger partial charge is 0.227 e. The van der Waals surface area contributed by atoms with E-state index in [-0.39, 0.29) is 0 Å². The zero-order valence-electron chi connectivity index (χ0n) is 7.49. The molecule has 2 nitrogen and oxygen atoms in total. The molecule has 2 rings (SSSR count). The van der Waals surface area contributed by atoms with E-state index in [0.29, 0.717) is 17.9 Å². The van der Waals surface area contributed by atoms with Crippen molar-refractivity contribution in [2.45, 2.75) is 31.7 Å². The van der Waals surface area contributed by atoms with Crippen LogP contribution in [-0.4, -0.2) is 23.9 Å². The predicted octanol–water partition coefficient (Wildman–Crippen LogP) is 1.57. The van der Waals surface area contributed by atoms with Crippen LogP contribution in [0.5, 0.6) is 0 Å². The molecule has 2 aliphatic rings. The molecule has 1 fully saturated rings. The average molecular weight is 165 g/mol. The van der Waals surface area contributed by atoms with Gasteiger partial charge in [-0.25, -0.2) is 0 Å². The van der Waals surface area contributed by atoms with Crippen LogP contribution in [0.1, 0.15) is 25.7 Å². The van der Waals surface area contributed by atoms with Gasteiger partial charge in [-0.1, -0.05) is 12.2 Å². The number of amides is 1. The molecule has 1 saturated heterocycles. The maximum absolute atomic E-state index is 11.4. The van der Waals surface area contributed by atoms with Crippen molar-refractivity contribution in [3.63, 3.8) is 0 Å².